The monoisotopic (exact) mass is 279 g/mol. The van der Waals surface area contributed by atoms with E-state index in [-0.39, 0.29) is 0 Å². The van der Waals surface area contributed by atoms with Crippen LogP contribution >= 0.6 is 0 Å². The summed E-state index contributed by atoms with van der Waals surface area (Å²) in [6, 6.07) is 7.31. The molecular weight excluding hydrogens is 258 g/mol. The van der Waals surface area contributed by atoms with Gasteiger partial charge in [-0.2, -0.15) is 0 Å². The van der Waals surface area contributed by atoms with Gasteiger partial charge in [-0.3, -0.25) is 0 Å². The van der Waals surface area contributed by atoms with Crippen molar-refractivity contribution in [3.63, 3.8) is 0 Å². The fourth-order valence-corrected chi connectivity index (χ4v) is 3.35. The summed E-state index contributed by atoms with van der Waals surface area (Å²) < 4.78 is 2.25. The molecule has 0 unspecified atom stereocenters. The van der Waals surface area contributed by atoms with Gasteiger partial charge in [-0.15, -0.1) is 0 Å². The summed E-state index contributed by atoms with van der Waals surface area (Å²) >= 11 is 0. The van der Waals surface area contributed by atoms with E-state index < -0.39 is 0 Å². The first-order chi connectivity index (χ1) is 10.1. The predicted octanol–water partition coefficient (Wildman–Crippen LogP) is 3.79. The molecule has 3 heteroatoms. The van der Waals surface area contributed by atoms with Crippen LogP contribution in [0.5, 0.6) is 0 Å². The minimum atomic E-state index is 0.732. The molecule has 0 spiro atoms. The molecule has 108 valence electrons. The Morgan fingerprint density at radius 3 is 2.48 bits per heavy atom. The lowest BCUT2D eigenvalue weighted by molar-refractivity contribution is 0.840. The van der Waals surface area contributed by atoms with Gasteiger partial charge in [-0.1, -0.05) is 12.2 Å². The van der Waals surface area contributed by atoms with Gasteiger partial charge >= 0.3 is 0 Å². The van der Waals surface area contributed by atoms with Crippen molar-refractivity contribution in [3.05, 3.63) is 46.9 Å². The highest BCUT2D eigenvalue weighted by atomic mass is 15.2. The molecule has 1 aliphatic carbocycles. The minimum absolute atomic E-state index is 0.732. The zero-order chi connectivity index (χ0) is 14.6. The Bertz CT molecular complexity index is 716. The summed E-state index contributed by atoms with van der Waals surface area (Å²) in [6.07, 6.45) is 7.15. The molecule has 2 aliphatic rings. The Balaban J connectivity index is 1.90. The number of nitrogens with zero attached hydrogens (tertiary/aromatic N) is 3. The van der Waals surface area contributed by atoms with Crippen molar-refractivity contribution < 1.29 is 0 Å². The van der Waals surface area contributed by atoms with Crippen molar-refractivity contribution in [1.29, 1.82) is 0 Å². The van der Waals surface area contributed by atoms with E-state index >= 15 is 0 Å². The third-order valence-corrected chi connectivity index (χ3v) is 4.60. The summed E-state index contributed by atoms with van der Waals surface area (Å²) in [5.41, 5.74) is 6.25. The van der Waals surface area contributed by atoms with Crippen LogP contribution in [0.2, 0.25) is 0 Å². The van der Waals surface area contributed by atoms with Crippen molar-refractivity contribution in [2.45, 2.75) is 39.7 Å². The van der Waals surface area contributed by atoms with Crippen LogP contribution in [0.1, 0.15) is 35.5 Å². The Morgan fingerprint density at radius 1 is 1.10 bits per heavy atom. The molecule has 0 radical (unpaired) electrons. The van der Waals surface area contributed by atoms with Gasteiger partial charge in [0.15, 0.2) is 0 Å². The molecule has 0 amide bonds. The molecule has 0 N–H and O–H groups in total. The molecule has 1 aliphatic heterocycles. The van der Waals surface area contributed by atoms with Crippen molar-refractivity contribution in [3.8, 4) is 5.82 Å². The fourth-order valence-electron chi connectivity index (χ4n) is 3.35. The largest absolute Gasteiger partial charge is 0.364 e. The van der Waals surface area contributed by atoms with Crippen molar-refractivity contribution in [2.24, 2.45) is 0 Å². The van der Waals surface area contributed by atoms with E-state index in [4.69, 9.17) is 4.98 Å². The third kappa shape index (κ3) is 1.99. The van der Waals surface area contributed by atoms with E-state index in [2.05, 4.69) is 60.6 Å². The molecule has 1 fully saturated rings. The average Bonchev–Trinajstić information content (AvgIpc) is 3.24. The Morgan fingerprint density at radius 2 is 1.81 bits per heavy atom. The molecule has 1 saturated carbocycles. The van der Waals surface area contributed by atoms with Crippen LogP contribution in [-0.2, 0) is 0 Å². The average molecular weight is 279 g/mol. The Kier molecular flexibility index (Phi) is 2.71. The van der Waals surface area contributed by atoms with E-state index in [1.807, 2.05) is 0 Å². The Labute approximate surface area is 125 Å². The molecular formula is C18H21N3. The number of aromatic nitrogens is 2. The first kappa shape index (κ1) is 12.7. The molecule has 0 aromatic carbocycles. The van der Waals surface area contributed by atoms with Gasteiger partial charge in [0, 0.05) is 41.3 Å². The smallest absolute Gasteiger partial charge is 0.139 e. The molecule has 2 aromatic heterocycles. The number of hydrogen-bond acceptors (Lipinski definition) is 2. The van der Waals surface area contributed by atoms with E-state index in [9.17, 15) is 0 Å². The number of aryl methyl sites for hydroxylation is 3. The quantitative estimate of drug-likeness (QED) is 0.834. The SMILES string of the molecule is Cc1nc(-n2c(C)ccc2C)cc2c1C=CCN2C1CC1. The van der Waals surface area contributed by atoms with Crippen LogP contribution in [0, 0.1) is 20.8 Å². The topological polar surface area (TPSA) is 21.1 Å². The van der Waals surface area contributed by atoms with Gasteiger partial charge in [0.05, 0.1) is 5.69 Å². The number of rotatable bonds is 2. The van der Waals surface area contributed by atoms with Crippen LogP contribution in [0.15, 0.2) is 24.3 Å². The number of anilines is 1. The summed E-state index contributed by atoms with van der Waals surface area (Å²) in [4.78, 5) is 7.39. The molecule has 2 aromatic rings. The highest BCUT2D eigenvalue weighted by Crippen LogP contribution is 2.38. The maximum atomic E-state index is 4.85. The first-order valence-corrected chi connectivity index (χ1v) is 7.75. The normalized spacial score (nSPS) is 17.2. The molecule has 3 heterocycles. The second kappa shape index (κ2) is 4.48. The third-order valence-electron chi connectivity index (χ3n) is 4.60. The maximum absolute atomic E-state index is 4.85. The molecule has 4 rings (SSSR count). The Hall–Kier alpha value is -2.03. The van der Waals surface area contributed by atoms with Crippen LogP contribution in [0.25, 0.3) is 11.9 Å². The predicted molar refractivity (Wildman–Crippen MR) is 87.2 cm³/mol. The van der Waals surface area contributed by atoms with Gasteiger partial charge in [0.2, 0.25) is 0 Å². The van der Waals surface area contributed by atoms with Gasteiger partial charge in [0.25, 0.3) is 0 Å². The lowest BCUT2D eigenvalue weighted by Gasteiger charge is -2.29. The standard InChI is InChI=1S/C18H21N3/c1-12-6-7-13(2)21(12)18-11-17-16(14(3)19-18)5-4-10-20(17)15-8-9-15/h4-7,11,15H,8-10H2,1-3H3. The number of fused-ring (bicyclic) bond motifs is 1. The molecule has 0 saturated heterocycles. The number of hydrogen-bond donors (Lipinski definition) is 0. The lowest BCUT2D eigenvalue weighted by atomic mass is 10.1. The summed E-state index contributed by atoms with van der Waals surface area (Å²) in [6.45, 7) is 7.44. The molecule has 21 heavy (non-hydrogen) atoms. The van der Waals surface area contributed by atoms with Gasteiger partial charge in [-0.25, -0.2) is 4.98 Å². The maximum Gasteiger partial charge on any atom is 0.139 e. The fraction of sp³-hybridized carbons (Fsp3) is 0.389. The van der Waals surface area contributed by atoms with Gasteiger partial charge in [0.1, 0.15) is 5.82 Å². The summed E-state index contributed by atoms with van der Waals surface area (Å²) in [5.74, 6) is 1.05. The molecule has 3 nitrogen and oxygen atoms in total. The zero-order valence-corrected chi connectivity index (χ0v) is 12.9. The highest BCUT2D eigenvalue weighted by molar-refractivity contribution is 5.75. The van der Waals surface area contributed by atoms with Crippen LogP contribution < -0.4 is 4.90 Å². The van der Waals surface area contributed by atoms with E-state index in [0.717, 1.165) is 24.1 Å². The first-order valence-electron chi connectivity index (χ1n) is 7.75. The van der Waals surface area contributed by atoms with Gasteiger partial charge < -0.3 is 9.47 Å². The van der Waals surface area contributed by atoms with E-state index in [0.29, 0.717) is 0 Å². The van der Waals surface area contributed by atoms with Crippen LogP contribution in [0.4, 0.5) is 5.69 Å². The van der Waals surface area contributed by atoms with E-state index in [1.54, 1.807) is 0 Å². The lowest BCUT2D eigenvalue weighted by Crippen LogP contribution is -2.29. The molecule has 0 atom stereocenters. The second-order valence-electron chi connectivity index (χ2n) is 6.24. The van der Waals surface area contributed by atoms with E-state index in [1.165, 1.54) is 35.5 Å². The van der Waals surface area contributed by atoms with Gasteiger partial charge in [-0.05, 0) is 45.7 Å². The summed E-state index contributed by atoms with van der Waals surface area (Å²) in [5, 5.41) is 0. The second-order valence-corrected chi connectivity index (χ2v) is 6.24. The van der Waals surface area contributed by atoms with Crippen LogP contribution in [0.3, 0.4) is 0 Å². The highest BCUT2D eigenvalue weighted by Gasteiger charge is 2.31. The van der Waals surface area contributed by atoms with Crippen LogP contribution in [-0.4, -0.2) is 22.1 Å². The minimum Gasteiger partial charge on any atom is -0.364 e. The zero-order valence-electron chi connectivity index (χ0n) is 12.9. The van der Waals surface area contributed by atoms with Crippen molar-refractivity contribution in [2.75, 3.05) is 11.4 Å². The van der Waals surface area contributed by atoms with Crippen molar-refractivity contribution >= 4 is 11.8 Å². The molecule has 0 bridgehead atoms. The summed E-state index contributed by atoms with van der Waals surface area (Å²) in [7, 11) is 0. The number of pyridine rings is 1. The van der Waals surface area contributed by atoms with Crippen molar-refractivity contribution in [1.82, 2.24) is 9.55 Å².